The molecule has 0 bridgehead atoms. The number of carboxylic acids is 1. The number of alkyl halides is 3. The van der Waals surface area contributed by atoms with Crippen molar-refractivity contribution in [1.82, 2.24) is 5.32 Å². The van der Waals surface area contributed by atoms with Crippen LogP contribution in [0.2, 0.25) is 0 Å². The van der Waals surface area contributed by atoms with Crippen LogP contribution < -0.4 is 10.1 Å². The molecule has 0 saturated carbocycles. The Morgan fingerprint density at radius 1 is 1.08 bits per heavy atom. The summed E-state index contributed by atoms with van der Waals surface area (Å²) in [5.41, 5.74) is 1.29. The van der Waals surface area contributed by atoms with Crippen molar-refractivity contribution in [2.75, 3.05) is 0 Å². The minimum absolute atomic E-state index is 0.171. The average molecular weight is 353 g/mol. The van der Waals surface area contributed by atoms with Gasteiger partial charge in [-0.25, -0.2) is 4.79 Å². The number of hydrogen-bond donors (Lipinski definition) is 2. The summed E-state index contributed by atoms with van der Waals surface area (Å²) in [5.74, 6) is -2.47. The quantitative estimate of drug-likeness (QED) is 0.861. The van der Waals surface area contributed by atoms with E-state index in [2.05, 4.69) is 10.1 Å². The molecule has 0 heterocycles. The fourth-order valence-corrected chi connectivity index (χ4v) is 2.13. The van der Waals surface area contributed by atoms with Gasteiger partial charge in [-0.05, 0) is 28.8 Å². The lowest BCUT2D eigenvalue weighted by Crippen LogP contribution is -2.19. The Labute approximate surface area is 141 Å². The van der Waals surface area contributed by atoms with Crippen molar-refractivity contribution in [3.8, 4) is 16.9 Å². The minimum atomic E-state index is -4.98. The molecule has 2 aromatic carbocycles. The zero-order chi connectivity index (χ0) is 18.6. The van der Waals surface area contributed by atoms with Crippen molar-refractivity contribution in [2.45, 2.75) is 19.8 Å². The highest BCUT2D eigenvalue weighted by atomic mass is 19.4. The SMILES string of the molecule is CC(=O)NCc1ccc(-c2ccc(OC(F)(F)F)c(C(=O)O)c2)cc1. The lowest BCUT2D eigenvalue weighted by Gasteiger charge is -2.13. The molecule has 25 heavy (non-hydrogen) atoms. The molecule has 0 aliphatic rings. The van der Waals surface area contributed by atoms with E-state index in [0.29, 0.717) is 17.7 Å². The molecule has 8 heteroatoms. The van der Waals surface area contributed by atoms with Gasteiger partial charge < -0.3 is 15.2 Å². The first kappa shape index (κ1) is 18.3. The molecular formula is C17H14F3NO4. The van der Waals surface area contributed by atoms with E-state index in [1.54, 1.807) is 24.3 Å². The van der Waals surface area contributed by atoms with Gasteiger partial charge >= 0.3 is 12.3 Å². The van der Waals surface area contributed by atoms with Gasteiger partial charge in [0.05, 0.1) is 0 Å². The summed E-state index contributed by atoms with van der Waals surface area (Å²) >= 11 is 0. The van der Waals surface area contributed by atoms with Crippen LogP contribution >= 0.6 is 0 Å². The van der Waals surface area contributed by atoms with Crippen molar-refractivity contribution in [3.05, 3.63) is 53.6 Å². The number of hydrogen-bond acceptors (Lipinski definition) is 3. The highest BCUT2D eigenvalue weighted by molar-refractivity contribution is 5.92. The number of nitrogens with one attached hydrogen (secondary N) is 1. The van der Waals surface area contributed by atoms with E-state index in [1.165, 1.54) is 13.0 Å². The number of aromatic carboxylic acids is 1. The van der Waals surface area contributed by atoms with Crippen LogP contribution in [-0.2, 0) is 11.3 Å². The number of ether oxygens (including phenoxy) is 1. The zero-order valence-corrected chi connectivity index (χ0v) is 13.1. The van der Waals surface area contributed by atoms with E-state index >= 15 is 0 Å². The van der Waals surface area contributed by atoms with Crippen LogP contribution in [0.25, 0.3) is 11.1 Å². The Bertz CT molecular complexity index is 785. The maximum absolute atomic E-state index is 12.3. The van der Waals surface area contributed by atoms with E-state index in [-0.39, 0.29) is 5.91 Å². The predicted molar refractivity (Wildman–Crippen MR) is 83.0 cm³/mol. The number of carboxylic acid groups (broad SMARTS) is 1. The third kappa shape index (κ3) is 5.23. The van der Waals surface area contributed by atoms with Crippen LogP contribution in [0.5, 0.6) is 5.75 Å². The van der Waals surface area contributed by atoms with Crippen LogP contribution in [0.1, 0.15) is 22.8 Å². The molecule has 2 aromatic rings. The van der Waals surface area contributed by atoms with Gasteiger partial charge in [-0.1, -0.05) is 30.3 Å². The van der Waals surface area contributed by atoms with E-state index in [4.69, 9.17) is 5.11 Å². The monoisotopic (exact) mass is 353 g/mol. The normalized spacial score (nSPS) is 11.0. The van der Waals surface area contributed by atoms with E-state index in [1.807, 2.05) is 0 Å². The molecule has 0 fully saturated rings. The molecule has 0 saturated heterocycles. The lowest BCUT2D eigenvalue weighted by molar-refractivity contribution is -0.274. The third-order valence-corrected chi connectivity index (χ3v) is 3.26. The molecule has 0 spiro atoms. The Morgan fingerprint density at radius 3 is 2.20 bits per heavy atom. The van der Waals surface area contributed by atoms with E-state index in [9.17, 15) is 22.8 Å². The van der Waals surface area contributed by atoms with Crippen molar-refractivity contribution in [2.24, 2.45) is 0 Å². The predicted octanol–water partition coefficient (Wildman–Crippen LogP) is 3.59. The van der Waals surface area contributed by atoms with Crippen LogP contribution in [-0.4, -0.2) is 23.3 Å². The largest absolute Gasteiger partial charge is 0.573 e. The molecule has 0 aliphatic heterocycles. The molecular weight excluding hydrogens is 339 g/mol. The van der Waals surface area contributed by atoms with Crippen molar-refractivity contribution in [1.29, 1.82) is 0 Å². The molecule has 2 N–H and O–H groups in total. The third-order valence-electron chi connectivity index (χ3n) is 3.26. The molecule has 0 radical (unpaired) electrons. The summed E-state index contributed by atoms with van der Waals surface area (Å²) in [4.78, 5) is 22.1. The van der Waals surface area contributed by atoms with Gasteiger partial charge in [0.25, 0.3) is 0 Å². The topological polar surface area (TPSA) is 75.6 Å². The zero-order valence-electron chi connectivity index (χ0n) is 13.1. The molecule has 0 unspecified atom stereocenters. The van der Waals surface area contributed by atoms with Gasteiger partial charge in [-0.15, -0.1) is 13.2 Å². The lowest BCUT2D eigenvalue weighted by atomic mass is 10.0. The molecule has 0 atom stereocenters. The first-order valence-electron chi connectivity index (χ1n) is 7.12. The number of carbonyl (C=O) groups is 2. The maximum atomic E-state index is 12.3. The fraction of sp³-hybridized carbons (Fsp3) is 0.176. The second-order valence-electron chi connectivity index (χ2n) is 5.17. The Balaban J connectivity index is 2.29. The smallest absolute Gasteiger partial charge is 0.478 e. The van der Waals surface area contributed by atoms with Crippen molar-refractivity contribution < 1.29 is 32.6 Å². The molecule has 2 rings (SSSR count). The Morgan fingerprint density at radius 2 is 1.68 bits per heavy atom. The van der Waals surface area contributed by atoms with Crippen molar-refractivity contribution in [3.63, 3.8) is 0 Å². The standard InChI is InChI=1S/C17H14F3NO4/c1-10(22)21-9-11-2-4-12(5-3-11)13-6-7-15(25-17(18,19)20)14(8-13)16(23)24/h2-8H,9H2,1H3,(H,21,22)(H,23,24). The number of rotatable bonds is 5. The number of carbonyl (C=O) groups excluding carboxylic acids is 1. The summed E-state index contributed by atoms with van der Waals surface area (Å²) in [6.07, 6.45) is -4.98. The van der Waals surface area contributed by atoms with E-state index in [0.717, 1.165) is 17.7 Å². The number of benzene rings is 2. The summed E-state index contributed by atoms with van der Waals surface area (Å²) < 4.78 is 40.7. The average Bonchev–Trinajstić information content (AvgIpc) is 2.52. The molecule has 132 valence electrons. The second-order valence-corrected chi connectivity index (χ2v) is 5.17. The summed E-state index contributed by atoms with van der Waals surface area (Å²) in [7, 11) is 0. The van der Waals surface area contributed by atoms with Gasteiger partial charge in [0.1, 0.15) is 11.3 Å². The van der Waals surface area contributed by atoms with Gasteiger partial charge in [0.2, 0.25) is 5.91 Å². The van der Waals surface area contributed by atoms with Gasteiger partial charge in [0.15, 0.2) is 0 Å². The van der Waals surface area contributed by atoms with Gasteiger partial charge in [-0.2, -0.15) is 0 Å². The Kier molecular flexibility index (Phi) is 5.31. The van der Waals surface area contributed by atoms with Crippen LogP contribution in [0.4, 0.5) is 13.2 Å². The highest BCUT2D eigenvalue weighted by Gasteiger charge is 2.33. The second kappa shape index (κ2) is 7.25. The molecule has 0 aliphatic carbocycles. The molecule has 5 nitrogen and oxygen atoms in total. The van der Waals surface area contributed by atoms with Gasteiger partial charge in [-0.3, -0.25) is 4.79 Å². The Hall–Kier alpha value is -3.03. The summed E-state index contributed by atoms with van der Waals surface area (Å²) in [5, 5.41) is 11.7. The summed E-state index contributed by atoms with van der Waals surface area (Å²) in [6.45, 7) is 1.74. The molecule has 0 aromatic heterocycles. The van der Waals surface area contributed by atoms with Gasteiger partial charge in [0, 0.05) is 13.5 Å². The van der Waals surface area contributed by atoms with Crippen LogP contribution in [0, 0.1) is 0 Å². The molecule has 1 amide bonds. The highest BCUT2D eigenvalue weighted by Crippen LogP contribution is 2.30. The van der Waals surface area contributed by atoms with Crippen molar-refractivity contribution >= 4 is 11.9 Å². The number of amides is 1. The minimum Gasteiger partial charge on any atom is -0.478 e. The number of halogens is 3. The fourth-order valence-electron chi connectivity index (χ4n) is 2.13. The first-order valence-corrected chi connectivity index (χ1v) is 7.12. The summed E-state index contributed by atoms with van der Waals surface area (Å²) in [6, 6.07) is 10.3. The van der Waals surface area contributed by atoms with E-state index < -0.39 is 23.6 Å². The maximum Gasteiger partial charge on any atom is 0.573 e. The van der Waals surface area contributed by atoms with Crippen LogP contribution in [0.3, 0.4) is 0 Å². The van der Waals surface area contributed by atoms with Crippen LogP contribution in [0.15, 0.2) is 42.5 Å². The first-order chi connectivity index (χ1) is 11.7.